The SMILES string of the molecule is Cc1cc(CC(=O)/N=C/C2CCC(CCN3CCc4ccc(OCC(F)F)nc4CC3)CC2)no1. The maximum absolute atomic E-state index is 12.4. The van der Waals surface area contributed by atoms with Gasteiger partial charge in [-0.2, -0.15) is 0 Å². The lowest BCUT2D eigenvalue weighted by atomic mass is 9.81. The van der Waals surface area contributed by atoms with Gasteiger partial charge in [-0.1, -0.05) is 11.2 Å². The first kappa shape index (κ1) is 25.4. The fourth-order valence-corrected chi connectivity index (χ4v) is 4.94. The molecule has 3 heterocycles. The molecule has 7 nitrogen and oxygen atoms in total. The van der Waals surface area contributed by atoms with Crippen molar-refractivity contribution in [1.29, 1.82) is 0 Å². The predicted octanol–water partition coefficient (Wildman–Crippen LogP) is 4.46. The van der Waals surface area contributed by atoms with Crippen LogP contribution in [0.15, 0.2) is 27.7 Å². The van der Waals surface area contributed by atoms with Gasteiger partial charge in [-0.15, -0.1) is 0 Å². The van der Waals surface area contributed by atoms with Crippen molar-refractivity contribution in [2.45, 2.75) is 64.7 Å². The molecule has 2 aromatic heterocycles. The number of carbonyl (C=O) groups excluding carboxylic acids is 1. The Bertz CT molecular complexity index is 1000. The number of pyridine rings is 1. The van der Waals surface area contributed by atoms with Crippen molar-refractivity contribution in [1.82, 2.24) is 15.0 Å². The molecule has 0 saturated heterocycles. The molecule has 1 saturated carbocycles. The topological polar surface area (TPSA) is 80.8 Å². The highest BCUT2D eigenvalue weighted by molar-refractivity contribution is 5.86. The van der Waals surface area contributed by atoms with Crippen LogP contribution in [-0.2, 0) is 24.1 Å². The Balaban J connectivity index is 1.15. The lowest BCUT2D eigenvalue weighted by Crippen LogP contribution is -2.29. The van der Waals surface area contributed by atoms with E-state index in [9.17, 15) is 13.6 Å². The molecule has 2 aliphatic rings. The second-order valence-electron chi connectivity index (χ2n) is 9.65. The lowest BCUT2D eigenvalue weighted by molar-refractivity contribution is -0.117. The lowest BCUT2D eigenvalue weighted by Gasteiger charge is -2.28. The summed E-state index contributed by atoms with van der Waals surface area (Å²) < 4.78 is 34.9. The van der Waals surface area contributed by atoms with E-state index in [1.54, 1.807) is 19.1 Å². The highest BCUT2D eigenvalue weighted by atomic mass is 19.3. The third-order valence-corrected chi connectivity index (χ3v) is 6.95. The van der Waals surface area contributed by atoms with Crippen molar-refractivity contribution in [2.24, 2.45) is 16.8 Å². The molecule has 1 amide bonds. The molecule has 1 fully saturated rings. The van der Waals surface area contributed by atoms with Gasteiger partial charge in [0.2, 0.25) is 5.88 Å². The molecule has 4 rings (SSSR count). The number of rotatable bonds is 9. The number of halogens is 2. The molecular formula is C26H34F2N4O3. The summed E-state index contributed by atoms with van der Waals surface area (Å²) in [5.41, 5.74) is 2.78. The zero-order chi connectivity index (χ0) is 24.6. The minimum Gasteiger partial charge on any atom is -0.472 e. The molecule has 0 unspecified atom stereocenters. The second-order valence-corrected chi connectivity index (χ2v) is 9.65. The van der Waals surface area contributed by atoms with Crippen LogP contribution < -0.4 is 4.74 Å². The monoisotopic (exact) mass is 488 g/mol. The van der Waals surface area contributed by atoms with E-state index in [0.29, 0.717) is 23.3 Å². The summed E-state index contributed by atoms with van der Waals surface area (Å²) in [6.45, 7) is 4.15. The Morgan fingerprint density at radius 2 is 2.06 bits per heavy atom. The number of nitrogens with zero attached hydrogens (tertiary/aromatic N) is 4. The zero-order valence-electron chi connectivity index (χ0n) is 20.3. The maximum atomic E-state index is 12.4. The summed E-state index contributed by atoms with van der Waals surface area (Å²) in [7, 11) is 0. The van der Waals surface area contributed by atoms with Crippen molar-refractivity contribution in [2.75, 3.05) is 26.2 Å². The van der Waals surface area contributed by atoms with Crippen LogP contribution in [0.3, 0.4) is 0 Å². The van der Waals surface area contributed by atoms with Crippen LogP contribution in [0.4, 0.5) is 8.78 Å². The first-order valence-corrected chi connectivity index (χ1v) is 12.6. The molecule has 35 heavy (non-hydrogen) atoms. The molecule has 2 aromatic rings. The van der Waals surface area contributed by atoms with Gasteiger partial charge in [0, 0.05) is 43.6 Å². The minimum absolute atomic E-state index is 0.176. The van der Waals surface area contributed by atoms with E-state index in [1.807, 2.05) is 12.3 Å². The van der Waals surface area contributed by atoms with Gasteiger partial charge in [0.05, 0.1) is 12.1 Å². The van der Waals surface area contributed by atoms with Crippen molar-refractivity contribution in [3.8, 4) is 5.88 Å². The normalized spacial score (nSPS) is 21.3. The number of aryl methyl sites for hydroxylation is 1. The van der Waals surface area contributed by atoms with E-state index in [1.165, 1.54) is 12.0 Å². The van der Waals surface area contributed by atoms with E-state index in [2.05, 4.69) is 20.0 Å². The van der Waals surface area contributed by atoms with Crippen LogP contribution in [-0.4, -0.2) is 59.8 Å². The maximum Gasteiger partial charge on any atom is 0.272 e. The Labute approximate surface area is 204 Å². The molecule has 0 atom stereocenters. The van der Waals surface area contributed by atoms with Crippen LogP contribution in [0.25, 0.3) is 0 Å². The van der Waals surface area contributed by atoms with Crippen LogP contribution in [0.5, 0.6) is 5.88 Å². The van der Waals surface area contributed by atoms with Gasteiger partial charge in [-0.05, 0) is 69.4 Å². The summed E-state index contributed by atoms with van der Waals surface area (Å²) in [5, 5.41) is 3.85. The Morgan fingerprint density at radius 1 is 1.26 bits per heavy atom. The Morgan fingerprint density at radius 3 is 2.80 bits per heavy atom. The molecular weight excluding hydrogens is 454 g/mol. The molecule has 0 N–H and O–H groups in total. The highest BCUT2D eigenvalue weighted by Gasteiger charge is 2.22. The largest absolute Gasteiger partial charge is 0.472 e. The predicted molar refractivity (Wildman–Crippen MR) is 128 cm³/mol. The fourth-order valence-electron chi connectivity index (χ4n) is 4.94. The highest BCUT2D eigenvalue weighted by Crippen LogP contribution is 2.30. The van der Waals surface area contributed by atoms with E-state index in [-0.39, 0.29) is 18.2 Å². The van der Waals surface area contributed by atoms with Gasteiger partial charge < -0.3 is 14.2 Å². The van der Waals surface area contributed by atoms with Crippen molar-refractivity contribution in [3.63, 3.8) is 0 Å². The van der Waals surface area contributed by atoms with Crippen molar-refractivity contribution < 1.29 is 22.8 Å². The quantitative estimate of drug-likeness (QED) is 0.485. The second kappa shape index (κ2) is 12.3. The average Bonchev–Trinajstić information content (AvgIpc) is 3.14. The number of amides is 1. The summed E-state index contributed by atoms with van der Waals surface area (Å²) in [4.78, 5) is 23.2. The van der Waals surface area contributed by atoms with Gasteiger partial charge in [-0.25, -0.2) is 18.8 Å². The summed E-state index contributed by atoms with van der Waals surface area (Å²) in [5.74, 6) is 1.88. The number of aliphatic imine (C=N–C) groups is 1. The standard InChI is InChI=1S/C26H34F2N4O3/c1-18-14-22(31-35-18)15-25(33)29-16-20-4-2-19(3-5-20)8-11-32-12-9-21-6-7-26(34-17-24(27)28)30-23(21)10-13-32/h6-7,14,16,19-20,24H,2-5,8-13,15,17H2,1H3/b29-16+. The van der Waals surface area contributed by atoms with Gasteiger partial charge in [0.1, 0.15) is 5.76 Å². The van der Waals surface area contributed by atoms with Crippen LogP contribution in [0, 0.1) is 18.8 Å². The molecule has 0 aromatic carbocycles. The molecule has 9 heteroatoms. The van der Waals surface area contributed by atoms with E-state index < -0.39 is 13.0 Å². The van der Waals surface area contributed by atoms with Crippen LogP contribution in [0.1, 0.15) is 54.8 Å². The van der Waals surface area contributed by atoms with E-state index in [4.69, 9.17) is 9.26 Å². The summed E-state index contributed by atoms with van der Waals surface area (Å²) in [6.07, 6.45) is 6.89. The summed E-state index contributed by atoms with van der Waals surface area (Å²) >= 11 is 0. The molecule has 0 bridgehead atoms. The third kappa shape index (κ3) is 7.92. The number of hydrogen-bond acceptors (Lipinski definition) is 6. The molecule has 190 valence electrons. The average molecular weight is 489 g/mol. The van der Waals surface area contributed by atoms with Gasteiger partial charge in [0.15, 0.2) is 6.61 Å². The van der Waals surface area contributed by atoms with Gasteiger partial charge >= 0.3 is 0 Å². The van der Waals surface area contributed by atoms with Gasteiger partial charge in [-0.3, -0.25) is 4.79 Å². The molecule has 0 spiro atoms. The molecule has 1 aliphatic carbocycles. The smallest absolute Gasteiger partial charge is 0.272 e. The number of ether oxygens (including phenoxy) is 1. The molecule has 1 aliphatic heterocycles. The number of hydrogen-bond donors (Lipinski definition) is 0. The number of alkyl halides is 2. The Hall–Kier alpha value is -2.68. The number of fused-ring (bicyclic) bond motifs is 1. The van der Waals surface area contributed by atoms with Gasteiger partial charge in [0.25, 0.3) is 12.3 Å². The molecule has 0 radical (unpaired) electrons. The third-order valence-electron chi connectivity index (χ3n) is 6.95. The van der Waals surface area contributed by atoms with E-state index >= 15 is 0 Å². The van der Waals surface area contributed by atoms with Crippen LogP contribution >= 0.6 is 0 Å². The van der Waals surface area contributed by atoms with Crippen molar-refractivity contribution >= 4 is 12.1 Å². The minimum atomic E-state index is -2.49. The fraction of sp³-hybridized carbons (Fsp3) is 0.615. The number of carbonyl (C=O) groups is 1. The van der Waals surface area contributed by atoms with Crippen LogP contribution in [0.2, 0.25) is 0 Å². The zero-order valence-corrected chi connectivity index (χ0v) is 20.3. The first-order chi connectivity index (χ1) is 16.9. The Kier molecular flexibility index (Phi) is 8.95. The summed E-state index contributed by atoms with van der Waals surface area (Å²) in [6, 6.07) is 5.43. The first-order valence-electron chi connectivity index (χ1n) is 12.6. The van der Waals surface area contributed by atoms with E-state index in [0.717, 1.165) is 63.9 Å². The van der Waals surface area contributed by atoms with Crippen molar-refractivity contribution in [3.05, 3.63) is 40.9 Å². The number of aromatic nitrogens is 2.